The fraction of sp³-hybridized carbons (Fsp3) is 0.0714. The van der Waals surface area contributed by atoms with E-state index in [1.807, 2.05) is 0 Å². The highest BCUT2D eigenvalue weighted by Gasteiger charge is 2.14. The van der Waals surface area contributed by atoms with Gasteiger partial charge in [0.05, 0.1) is 25.6 Å². The maximum atomic E-state index is 11.7. The Bertz CT molecular complexity index is 743. The van der Waals surface area contributed by atoms with Gasteiger partial charge in [0.2, 0.25) is 0 Å². The number of hydrazone groups is 1. The molecule has 1 heterocycles. The van der Waals surface area contributed by atoms with Crippen LogP contribution >= 0.6 is 34.5 Å². The molecule has 0 bridgehead atoms. The Labute approximate surface area is 140 Å². The SMILES string of the molecule is C/C(=N\NC(=O)C(=O)Nc1ccccc1Cl)c1ccc(Cl)s1. The molecule has 2 amide bonds. The molecule has 5 nitrogen and oxygen atoms in total. The second-order valence-corrected chi connectivity index (χ2v) is 6.30. The van der Waals surface area contributed by atoms with Gasteiger partial charge in [0.15, 0.2) is 0 Å². The average molecular weight is 356 g/mol. The number of anilines is 1. The number of halogens is 2. The van der Waals surface area contributed by atoms with E-state index in [4.69, 9.17) is 23.2 Å². The second-order valence-electron chi connectivity index (χ2n) is 4.18. The highest BCUT2D eigenvalue weighted by atomic mass is 35.5. The van der Waals surface area contributed by atoms with E-state index in [2.05, 4.69) is 15.8 Å². The van der Waals surface area contributed by atoms with Crippen molar-refractivity contribution < 1.29 is 9.59 Å². The fourth-order valence-corrected chi connectivity index (χ4v) is 2.66. The number of thiophene rings is 1. The minimum absolute atomic E-state index is 0.344. The van der Waals surface area contributed by atoms with Gasteiger partial charge >= 0.3 is 11.8 Å². The van der Waals surface area contributed by atoms with Crippen molar-refractivity contribution in [3.05, 3.63) is 50.6 Å². The first-order valence-corrected chi connectivity index (χ1v) is 7.70. The lowest BCUT2D eigenvalue weighted by Crippen LogP contribution is -2.33. The summed E-state index contributed by atoms with van der Waals surface area (Å²) in [5, 5.41) is 6.62. The molecular weight excluding hydrogens is 345 g/mol. The van der Waals surface area contributed by atoms with E-state index in [1.54, 1.807) is 43.3 Å². The molecule has 8 heteroatoms. The minimum atomic E-state index is -0.887. The topological polar surface area (TPSA) is 70.6 Å². The van der Waals surface area contributed by atoms with Crippen molar-refractivity contribution in [2.75, 3.05) is 5.32 Å². The van der Waals surface area contributed by atoms with Gasteiger partial charge < -0.3 is 5.32 Å². The third-order valence-corrected chi connectivity index (χ3v) is 4.25. The van der Waals surface area contributed by atoms with E-state index >= 15 is 0 Å². The highest BCUT2D eigenvalue weighted by Crippen LogP contribution is 2.22. The molecule has 0 saturated carbocycles. The summed E-state index contributed by atoms with van der Waals surface area (Å²) in [5.74, 6) is -1.74. The van der Waals surface area contributed by atoms with Gasteiger partial charge in [-0.3, -0.25) is 9.59 Å². The molecule has 22 heavy (non-hydrogen) atoms. The zero-order chi connectivity index (χ0) is 16.1. The third-order valence-electron chi connectivity index (χ3n) is 2.58. The first-order chi connectivity index (χ1) is 10.5. The van der Waals surface area contributed by atoms with Crippen LogP contribution in [-0.4, -0.2) is 17.5 Å². The molecule has 0 atom stereocenters. The Kier molecular flexibility index (Phi) is 5.54. The quantitative estimate of drug-likeness (QED) is 0.502. The van der Waals surface area contributed by atoms with Crippen LogP contribution in [0, 0.1) is 0 Å². The van der Waals surface area contributed by atoms with Crippen LogP contribution < -0.4 is 10.7 Å². The molecule has 114 valence electrons. The van der Waals surface area contributed by atoms with Crippen LogP contribution in [0.5, 0.6) is 0 Å². The molecule has 0 aliphatic heterocycles. The zero-order valence-electron chi connectivity index (χ0n) is 11.4. The molecular formula is C14H11Cl2N3O2S. The van der Waals surface area contributed by atoms with Gasteiger partial charge in [-0.25, -0.2) is 5.43 Å². The van der Waals surface area contributed by atoms with Crippen molar-refractivity contribution in [1.82, 2.24) is 5.43 Å². The van der Waals surface area contributed by atoms with Crippen molar-refractivity contribution in [2.45, 2.75) is 6.92 Å². The lowest BCUT2D eigenvalue weighted by atomic mass is 10.3. The lowest BCUT2D eigenvalue weighted by molar-refractivity contribution is -0.136. The maximum absolute atomic E-state index is 11.7. The van der Waals surface area contributed by atoms with Crippen LogP contribution in [-0.2, 0) is 9.59 Å². The van der Waals surface area contributed by atoms with Crippen molar-refractivity contribution in [3.63, 3.8) is 0 Å². The molecule has 0 saturated heterocycles. The van der Waals surface area contributed by atoms with E-state index in [9.17, 15) is 9.59 Å². The number of rotatable bonds is 3. The summed E-state index contributed by atoms with van der Waals surface area (Å²) in [5.41, 5.74) is 3.10. The molecule has 2 N–H and O–H groups in total. The number of hydrogen-bond acceptors (Lipinski definition) is 4. The Hall–Kier alpha value is -1.89. The van der Waals surface area contributed by atoms with Crippen LogP contribution in [0.15, 0.2) is 41.5 Å². The van der Waals surface area contributed by atoms with Crippen molar-refractivity contribution in [2.24, 2.45) is 5.10 Å². The molecule has 0 aliphatic carbocycles. The van der Waals surface area contributed by atoms with Crippen LogP contribution in [0.4, 0.5) is 5.69 Å². The normalized spacial score (nSPS) is 11.1. The van der Waals surface area contributed by atoms with E-state index < -0.39 is 11.8 Å². The number of nitrogens with one attached hydrogen (secondary N) is 2. The van der Waals surface area contributed by atoms with Crippen molar-refractivity contribution in [3.8, 4) is 0 Å². The van der Waals surface area contributed by atoms with Crippen LogP contribution in [0.25, 0.3) is 0 Å². The van der Waals surface area contributed by atoms with Gasteiger partial charge in [-0.2, -0.15) is 5.10 Å². The Morgan fingerprint density at radius 3 is 2.45 bits per heavy atom. The van der Waals surface area contributed by atoms with Crippen molar-refractivity contribution >= 4 is 57.8 Å². The minimum Gasteiger partial charge on any atom is -0.316 e. The maximum Gasteiger partial charge on any atom is 0.329 e. The molecule has 0 fully saturated rings. The van der Waals surface area contributed by atoms with Gasteiger partial charge in [-0.1, -0.05) is 35.3 Å². The third kappa shape index (κ3) is 4.30. The van der Waals surface area contributed by atoms with Gasteiger partial charge in [0.25, 0.3) is 0 Å². The predicted molar refractivity (Wildman–Crippen MR) is 89.8 cm³/mol. The van der Waals surface area contributed by atoms with E-state index in [0.29, 0.717) is 20.8 Å². The second kappa shape index (κ2) is 7.40. The zero-order valence-corrected chi connectivity index (χ0v) is 13.7. The Morgan fingerprint density at radius 2 is 1.82 bits per heavy atom. The van der Waals surface area contributed by atoms with Gasteiger partial charge in [-0.15, -0.1) is 11.3 Å². The molecule has 0 radical (unpaired) electrons. The van der Waals surface area contributed by atoms with Crippen LogP contribution in [0.3, 0.4) is 0 Å². The molecule has 2 aromatic rings. The number of benzene rings is 1. The number of nitrogens with zero attached hydrogens (tertiary/aromatic N) is 1. The average Bonchev–Trinajstić information content (AvgIpc) is 2.93. The fourth-order valence-electron chi connectivity index (χ4n) is 1.49. The molecule has 0 spiro atoms. The largest absolute Gasteiger partial charge is 0.329 e. The summed E-state index contributed by atoms with van der Waals surface area (Å²) in [6.45, 7) is 1.70. The number of carbonyl (C=O) groups excluding carboxylic acids is 2. The molecule has 0 aliphatic rings. The van der Waals surface area contributed by atoms with Gasteiger partial charge in [-0.05, 0) is 31.2 Å². The summed E-state index contributed by atoms with van der Waals surface area (Å²) in [7, 11) is 0. The lowest BCUT2D eigenvalue weighted by Gasteiger charge is -2.05. The van der Waals surface area contributed by atoms with E-state index in [1.165, 1.54) is 11.3 Å². The standard InChI is InChI=1S/C14H11Cl2N3O2S/c1-8(11-6-7-12(16)22-11)18-19-14(21)13(20)17-10-5-3-2-4-9(10)15/h2-7H,1H3,(H,17,20)(H,19,21)/b18-8+. The molecule has 2 rings (SSSR count). The molecule has 1 aromatic heterocycles. The van der Waals surface area contributed by atoms with Gasteiger partial charge in [0.1, 0.15) is 0 Å². The summed E-state index contributed by atoms with van der Waals surface area (Å²) in [6.07, 6.45) is 0. The monoisotopic (exact) mass is 355 g/mol. The summed E-state index contributed by atoms with van der Waals surface area (Å²) >= 11 is 13.0. The Balaban J connectivity index is 1.97. The van der Waals surface area contributed by atoms with Crippen LogP contribution in [0.2, 0.25) is 9.36 Å². The van der Waals surface area contributed by atoms with Gasteiger partial charge in [0, 0.05) is 0 Å². The van der Waals surface area contributed by atoms with Crippen LogP contribution in [0.1, 0.15) is 11.8 Å². The van der Waals surface area contributed by atoms with E-state index in [-0.39, 0.29) is 0 Å². The summed E-state index contributed by atoms with van der Waals surface area (Å²) < 4.78 is 0.618. The smallest absolute Gasteiger partial charge is 0.316 e. The summed E-state index contributed by atoms with van der Waals surface area (Å²) in [4.78, 5) is 24.3. The number of para-hydroxylation sites is 1. The first kappa shape index (κ1) is 16.5. The van der Waals surface area contributed by atoms with E-state index in [0.717, 1.165) is 4.88 Å². The first-order valence-electron chi connectivity index (χ1n) is 6.13. The number of hydrogen-bond donors (Lipinski definition) is 2. The predicted octanol–water partition coefficient (Wildman–Crippen LogP) is 3.53. The number of carbonyl (C=O) groups is 2. The molecule has 0 unspecified atom stereocenters. The highest BCUT2D eigenvalue weighted by molar-refractivity contribution is 7.18. The Morgan fingerprint density at radius 1 is 1.09 bits per heavy atom. The van der Waals surface area contributed by atoms with Crippen molar-refractivity contribution in [1.29, 1.82) is 0 Å². The number of amides is 2. The molecule has 1 aromatic carbocycles. The summed E-state index contributed by atoms with van der Waals surface area (Å²) in [6, 6.07) is 10.1.